The zero-order chi connectivity index (χ0) is 23.9. The van der Waals surface area contributed by atoms with E-state index in [2.05, 4.69) is 22.8 Å². The first kappa shape index (κ1) is 23.7. The molecule has 2 N–H and O–H groups in total. The molecule has 0 fully saturated rings. The maximum atomic E-state index is 12.7. The van der Waals surface area contributed by atoms with Crippen molar-refractivity contribution < 1.29 is 9.59 Å². The number of rotatable bonds is 7. The van der Waals surface area contributed by atoms with E-state index in [0.29, 0.717) is 11.1 Å². The Morgan fingerprint density at radius 3 is 1.32 bits per heavy atom. The lowest BCUT2D eigenvalue weighted by Gasteiger charge is -2.14. The van der Waals surface area contributed by atoms with E-state index in [1.165, 1.54) is 0 Å². The molecule has 4 nitrogen and oxygen atoms in total. The Hall–Kier alpha value is -3.48. The minimum absolute atomic E-state index is 0.150. The lowest BCUT2D eigenvalue weighted by molar-refractivity contribution is 0.101. The quantitative estimate of drug-likeness (QED) is 0.265. The second kappa shape index (κ2) is 11.1. The van der Waals surface area contributed by atoms with Crippen LogP contribution in [0.5, 0.6) is 0 Å². The Balaban J connectivity index is 1.53. The molecule has 0 unspecified atom stereocenters. The van der Waals surface area contributed by atoms with Crippen LogP contribution < -0.4 is 10.6 Å². The summed E-state index contributed by atoms with van der Waals surface area (Å²) < 4.78 is 0. The fraction of sp³-hybridized carbons (Fsp3) is 0.0714. The number of aryl methyl sites for hydroxylation is 2. The number of hydrogen-bond donors (Lipinski definition) is 2. The van der Waals surface area contributed by atoms with Crippen molar-refractivity contribution in [2.24, 2.45) is 0 Å². The van der Waals surface area contributed by atoms with Gasteiger partial charge in [-0.3, -0.25) is 9.59 Å². The molecular formula is C28H24N2O2S2. The number of carbonyl (C=O) groups excluding carboxylic acids is 2. The molecule has 4 aromatic carbocycles. The van der Waals surface area contributed by atoms with Crippen LogP contribution >= 0.6 is 21.6 Å². The predicted octanol–water partition coefficient (Wildman–Crippen LogP) is 7.61. The van der Waals surface area contributed by atoms with Gasteiger partial charge >= 0.3 is 0 Å². The topological polar surface area (TPSA) is 58.2 Å². The molecule has 0 saturated heterocycles. The van der Waals surface area contributed by atoms with E-state index in [-0.39, 0.29) is 11.8 Å². The molecule has 34 heavy (non-hydrogen) atoms. The first-order valence-electron chi connectivity index (χ1n) is 10.8. The standard InChI is InChI=1S/C28H24N2O2S2/c1-19-13-15-23(29-27(31)21-9-5-3-6-10-21)25(17-19)33-34-26-18-20(2)14-16-24(26)30-28(32)22-11-7-4-8-12-22/h3-18H,1-2H3,(H,29,31)(H,30,32). The Morgan fingerprint density at radius 1 is 0.559 bits per heavy atom. The van der Waals surface area contributed by atoms with Crippen molar-refractivity contribution >= 4 is 44.8 Å². The van der Waals surface area contributed by atoms with E-state index in [0.717, 1.165) is 32.3 Å². The van der Waals surface area contributed by atoms with E-state index in [1.54, 1.807) is 45.9 Å². The summed E-state index contributed by atoms with van der Waals surface area (Å²) in [7, 11) is 3.10. The van der Waals surface area contributed by atoms with Gasteiger partial charge in [0, 0.05) is 20.9 Å². The van der Waals surface area contributed by atoms with E-state index >= 15 is 0 Å². The molecule has 0 aliphatic heterocycles. The maximum absolute atomic E-state index is 12.7. The molecule has 0 spiro atoms. The third-order valence-corrected chi connectivity index (χ3v) is 7.51. The number of carbonyl (C=O) groups is 2. The molecule has 0 radical (unpaired) electrons. The van der Waals surface area contributed by atoms with Crippen molar-refractivity contribution in [1.29, 1.82) is 0 Å². The SMILES string of the molecule is Cc1ccc(NC(=O)c2ccccc2)c(SSc2cc(C)ccc2NC(=O)c2ccccc2)c1. The average molecular weight is 485 g/mol. The summed E-state index contributed by atoms with van der Waals surface area (Å²) in [5, 5.41) is 6.05. The van der Waals surface area contributed by atoms with Crippen molar-refractivity contribution in [2.75, 3.05) is 10.6 Å². The van der Waals surface area contributed by atoms with Crippen LogP contribution in [-0.4, -0.2) is 11.8 Å². The monoisotopic (exact) mass is 484 g/mol. The zero-order valence-corrected chi connectivity index (χ0v) is 20.5. The van der Waals surface area contributed by atoms with Crippen LogP contribution in [0, 0.1) is 13.8 Å². The van der Waals surface area contributed by atoms with Gasteiger partial charge < -0.3 is 10.6 Å². The Labute approximate surface area is 207 Å². The predicted molar refractivity (Wildman–Crippen MR) is 143 cm³/mol. The van der Waals surface area contributed by atoms with Crippen molar-refractivity contribution in [2.45, 2.75) is 23.6 Å². The van der Waals surface area contributed by atoms with Gasteiger partial charge in [-0.25, -0.2) is 0 Å². The van der Waals surface area contributed by atoms with E-state index in [1.807, 2.05) is 74.5 Å². The van der Waals surface area contributed by atoms with Crippen molar-refractivity contribution in [1.82, 2.24) is 0 Å². The molecule has 4 aromatic rings. The summed E-state index contributed by atoms with van der Waals surface area (Å²) in [5.74, 6) is -0.301. The summed E-state index contributed by atoms with van der Waals surface area (Å²) in [6.45, 7) is 4.05. The average Bonchev–Trinajstić information content (AvgIpc) is 2.86. The largest absolute Gasteiger partial charge is 0.321 e. The minimum Gasteiger partial charge on any atom is -0.321 e. The van der Waals surface area contributed by atoms with Gasteiger partial charge in [0.15, 0.2) is 0 Å². The summed E-state index contributed by atoms with van der Waals surface area (Å²) in [5.41, 5.74) is 4.91. The zero-order valence-electron chi connectivity index (χ0n) is 18.9. The van der Waals surface area contributed by atoms with Gasteiger partial charge in [-0.2, -0.15) is 0 Å². The molecule has 0 bridgehead atoms. The van der Waals surface area contributed by atoms with Gasteiger partial charge in [0.05, 0.1) is 11.4 Å². The Kier molecular flexibility index (Phi) is 7.72. The van der Waals surface area contributed by atoms with Gasteiger partial charge in [0.25, 0.3) is 11.8 Å². The number of hydrogen-bond acceptors (Lipinski definition) is 4. The van der Waals surface area contributed by atoms with Crippen molar-refractivity contribution in [3.05, 3.63) is 119 Å². The first-order chi connectivity index (χ1) is 16.5. The molecule has 0 aromatic heterocycles. The van der Waals surface area contributed by atoms with Gasteiger partial charge in [0.1, 0.15) is 0 Å². The van der Waals surface area contributed by atoms with Gasteiger partial charge in [-0.15, -0.1) is 0 Å². The lowest BCUT2D eigenvalue weighted by Crippen LogP contribution is -2.12. The van der Waals surface area contributed by atoms with E-state index in [9.17, 15) is 9.59 Å². The van der Waals surface area contributed by atoms with Crippen molar-refractivity contribution in [3.8, 4) is 0 Å². The second-order valence-corrected chi connectivity index (χ2v) is 10.0. The van der Waals surface area contributed by atoms with Gasteiger partial charge in [0.2, 0.25) is 0 Å². The molecule has 0 saturated carbocycles. The third kappa shape index (κ3) is 6.10. The second-order valence-electron chi connectivity index (χ2n) is 7.81. The molecular weight excluding hydrogens is 460 g/mol. The number of benzene rings is 4. The highest BCUT2D eigenvalue weighted by molar-refractivity contribution is 8.76. The van der Waals surface area contributed by atoms with Crippen LogP contribution in [0.4, 0.5) is 11.4 Å². The van der Waals surface area contributed by atoms with E-state index < -0.39 is 0 Å². The molecule has 0 aliphatic carbocycles. The van der Waals surface area contributed by atoms with Crippen LogP contribution in [0.15, 0.2) is 107 Å². The van der Waals surface area contributed by atoms with Crippen LogP contribution in [0.25, 0.3) is 0 Å². The maximum Gasteiger partial charge on any atom is 0.255 e. The highest BCUT2D eigenvalue weighted by atomic mass is 33.1. The van der Waals surface area contributed by atoms with Gasteiger partial charge in [-0.1, -0.05) is 70.1 Å². The summed E-state index contributed by atoms with van der Waals surface area (Å²) in [6.07, 6.45) is 0. The fourth-order valence-corrected chi connectivity index (χ4v) is 5.69. The molecule has 6 heteroatoms. The summed E-state index contributed by atoms with van der Waals surface area (Å²) >= 11 is 0. The van der Waals surface area contributed by atoms with Crippen LogP contribution in [0.2, 0.25) is 0 Å². The number of nitrogens with one attached hydrogen (secondary N) is 2. The molecule has 0 aliphatic rings. The third-order valence-electron chi connectivity index (χ3n) is 5.06. The van der Waals surface area contributed by atoms with Crippen molar-refractivity contribution in [3.63, 3.8) is 0 Å². The van der Waals surface area contributed by atoms with Crippen LogP contribution in [-0.2, 0) is 0 Å². The first-order valence-corrected chi connectivity index (χ1v) is 12.9. The Bertz CT molecular complexity index is 1210. The fourth-order valence-electron chi connectivity index (χ4n) is 3.26. The van der Waals surface area contributed by atoms with Crippen LogP contribution in [0.3, 0.4) is 0 Å². The molecule has 0 atom stereocenters. The normalized spacial score (nSPS) is 10.5. The summed E-state index contributed by atoms with van der Waals surface area (Å²) in [6, 6.07) is 30.2. The highest BCUT2D eigenvalue weighted by Crippen LogP contribution is 2.44. The molecule has 170 valence electrons. The molecule has 2 amide bonds. The molecule has 0 heterocycles. The Morgan fingerprint density at radius 2 is 0.941 bits per heavy atom. The number of anilines is 2. The number of amides is 2. The smallest absolute Gasteiger partial charge is 0.255 e. The summed E-state index contributed by atoms with van der Waals surface area (Å²) in [4.78, 5) is 27.3. The van der Waals surface area contributed by atoms with Gasteiger partial charge in [-0.05, 0) is 73.5 Å². The van der Waals surface area contributed by atoms with Crippen LogP contribution in [0.1, 0.15) is 31.8 Å². The minimum atomic E-state index is -0.150. The highest BCUT2D eigenvalue weighted by Gasteiger charge is 2.14. The lowest BCUT2D eigenvalue weighted by atomic mass is 10.2. The molecule has 4 rings (SSSR count). The van der Waals surface area contributed by atoms with E-state index in [4.69, 9.17) is 0 Å².